The lowest BCUT2D eigenvalue weighted by molar-refractivity contribution is -0.138. The van der Waals surface area contributed by atoms with Crippen LogP contribution >= 0.6 is 11.6 Å². The number of carboxylic acids is 1. The summed E-state index contributed by atoms with van der Waals surface area (Å²) in [5.74, 6) is 0.185. The van der Waals surface area contributed by atoms with Crippen molar-refractivity contribution < 1.29 is 14.6 Å². The molecule has 0 bridgehead atoms. The summed E-state index contributed by atoms with van der Waals surface area (Å²) in [5.41, 5.74) is 2.81. The first kappa shape index (κ1) is 22.1. The van der Waals surface area contributed by atoms with Crippen LogP contribution in [0.3, 0.4) is 0 Å². The predicted molar refractivity (Wildman–Crippen MR) is 127 cm³/mol. The topological polar surface area (TPSA) is 78.4 Å². The Kier molecular flexibility index (Phi) is 6.35. The molecule has 0 amide bonds. The number of aliphatic carboxylic acids is 1. The molecule has 1 atom stereocenters. The average molecular weight is 452 g/mol. The number of carbonyl (C=O) groups is 1. The first-order valence-corrected chi connectivity index (χ1v) is 10.9. The summed E-state index contributed by atoms with van der Waals surface area (Å²) in [6, 6.07) is 14.2. The Morgan fingerprint density at radius 2 is 1.94 bits per heavy atom. The summed E-state index contributed by atoms with van der Waals surface area (Å²) < 4.78 is 6.41. The lowest BCUT2D eigenvalue weighted by Crippen LogP contribution is -2.25. The van der Waals surface area contributed by atoms with Gasteiger partial charge in [-0.25, -0.2) is 4.98 Å². The number of hydrogen-bond acceptors (Lipinski definition) is 4. The maximum Gasteiger partial charge on any atom is 0.317 e. The number of aromatic nitrogens is 2. The molecule has 0 aliphatic rings. The number of rotatable bonds is 8. The summed E-state index contributed by atoms with van der Waals surface area (Å²) in [6.07, 6.45) is 3.41. The van der Waals surface area contributed by atoms with Gasteiger partial charge in [0.2, 0.25) is 0 Å². The van der Waals surface area contributed by atoms with E-state index in [2.05, 4.69) is 29.9 Å². The van der Waals surface area contributed by atoms with Gasteiger partial charge in [-0.3, -0.25) is 9.69 Å². The Morgan fingerprint density at radius 3 is 2.69 bits per heavy atom. The summed E-state index contributed by atoms with van der Waals surface area (Å²) in [6.45, 7) is 4.83. The van der Waals surface area contributed by atoms with Crippen LogP contribution in [0.4, 0.5) is 0 Å². The number of aromatic amines is 1. The Labute approximate surface area is 191 Å². The first-order valence-electron chi connectivity index (χ1n) is 10.5. The molecule has 0 saturated heterocycles. The van der Waals surface area contributed by atoms with Gasteiger partial charge >= 0.3 is 5.97 Å². The van der Waals surface area contributed by atoms with E-state index in [-0.39, 0.29) is 18.6 Å². The highest BCUT2D eigenvalue weighted by Crippen LogP contribution is 2.33. The molecule has 0 spiro atoms. The van der Waals surface area contributed by atoms with Gasteiger partial charge in [0, 0.05) is 29.9 Å². The predicted octanol–water partition coefficient (Wildman–Crippen LogP) is 5.66. The minimum absolute atomic E-state index is 0.00994. The number of halogens is 1. The van der Waals surface area contributed by atoms with Crippen molar-refractivity contribution in [3.05, 3.63) is 71.0 Å². The van der Waals surface area contributed by atoms with Crippen molar-refractivity contribution in [2.45, 2.75) is 26.5 Å². The molecule has 166 valence electrons. The maximum absolute atomic E-state index is 10.9. The molecular weight excluding hydrogens is 426 g/mol. The van der Waals surface area contributed by atoms with E-state index in [0.29, 0.717) is 11.6 Å². The van der Waals surface area contributed by atoms with Gasteiger partial charge in [-0.2, -0.15) is 0 Å². The van der Waals surface area contributed by atoms with Crippen LogP contribution in [-0.2, 0) is 11.3 Å². The molecule has 0 radical (unpaired) electrons. The molecule has 2 N–H and O–H groups in total. The molecule has 32 heavy (non-hydrogen) atoms. The summed E-state index contributed by atoms with van der Waals surface area (Å²) >= 11 is 6.28. The minimum atomic E-state index is -0.831. The first-order chi connectivity index (χ1) is 15.3. The van der Waals surface area contributed by atoms with Crippen LogP contribution in [0, 0.1) is 5.92 Å². The van der Waals surface area contributed by atoms with Gasteiger partial charge in [-0.05, 0) is 53.6 Å². The van der Waals surface area contributed by atoms with Crippen LogP contribution in [0.5, 0.6) is 5.75 Å². The van der Waals surface area contributed by atoms with E-state index < -0.39 is 5.97 Å². The molecule has 2 aromatic carbocycles. The third kappa shape index (κ3) is 4.87. The van der Waals surface area contributed by atoms with E-state index in [1.807, 2.05) is 42.6 Å². The van der Waals surface area contributed by atoms with Crippen molar-refractivity contribution in [2.75, 3.05) is 13.6 Å². The van der Waals surface area contributed by atoms with Gasteiger partial charge in [0.15, 0.2) is 0 Å². The number of likely N-dealkylation sites (N-methyl/N-ethyl adjacent to an activating group) is 1. The lowest BCUT2D eigenvalue weighted by Gasteiger charge is -2.23. The van der Waals surface area contributed by atoms with E-state index in [9.17, 15) is 4.79 Å². The highest BCUT2D eigenvalue weighted by Gasteiger charge is 2.20. The zero-order valence-corrected chi connectivity index (χ0v) is 19.1. The molecule has 0 aliphatic carbocycles. The van der Waals surface area contributed by atoms with Crippen LogP contribution in [0.1, 0.15) is 31.1 Å². The molecule has 1 unspecified atom stereocenters. The second kappa shape index (κ2) is 9.18. The highest BCUT2D eigenvalue weighted by atomic mass is 35.5. The summed E-state index contributed by atoms with van der Waals surface area (Å²) in [4.78, 5) is 20.2. The normalized spacial score (nSPS) is 12.7. The number of pyridine rings is 1. The zero-order valence-electron chi connectivity index (χ0n) is 18.3. The van der Waals surface area contributed by atoms with E-state index in [0.717, 1.165) is 38.7 Å². The van der Waals surface area contributed by atoms with Crippen LogP contribution < -0.4 is 4.74 Å². The van der Waals surface area contributed by atoms with Crippen molar-refractivity contribution >= 4 is 39.4 Å². The highest BCUT2D eigenvalue weighted by molar-refractivity contribution is 6.35. The second-order valence-electron chi connectivity index (χ2n) is 8.49. The van der Waals surface area contributed by atoms with E-state index >= 15 is 0 Å². The number of nitrogens with one attached hydrogen (secondary N) is 1. The Hall–Kier alpha value is -3.09. The van der Waals surface area contributed by atoms with Crippen LogP contribution in [-0.4, -0.2) is 39.5 Å². The Bertz CT molecular complexity index is 1270. The van der Waals surface area contributed by atoms with Crippen LogP contribution in [0.15, 0.2) is 54.9 Å². The average Bonchev–Trinajstić information content (AvgIpc) is 3.11. The molecule has 2 heterocycles. The number of nitrogens with zero attached hydrogens (tertiary/aromatic N) is 2. The number of carboxylic acid groups (broad SMARTS) is 1. The van der Waals surface area contributed by atoms with Gasteiger partial charge in [0.25, 0.3) is 0 Å². The minimum Gasteiger partial charge on any atom is -0.485 e. The van der Waals surface area contributed by atoms with E-state index in [4.69, 9.17) is 21.4 Å². The van der Waals surface area contributed by atoms with Crippen molar-refractivity contribution in [1.29, 1.82) is 0 Å². The largest absolute Gasteiger partial charge is 0.485 e. The molecule has 0 saturated carbocycles. The molecule has 4 rings (SSSR count). The lowest BCUT2D eigenvalue weighted by atomic mass is 9.99. The van der Waals surface area contributed by atoms with Gasteiger partial charge in [-0.15, -0.1) is 0 Å². The fraction of sp³-hybridized carbons (Fsp3) is 0.280. The fourth-order valence-corrected chi connectivity index (χ4v) is 4.12. The van der Waals surface area contributed by atoms with Gasteiger partial charge in [0.1, 0.15) is 17.5 Å². The number of ether oxygens (including phenoxy) is 1. The third-order valence-electron chi connectivity index (χ3n) is 5.43. The molecule has 0 aliphatic heterocycles. The second-order valence-corrected chi connectivity index (χ2v) is 8.90. The summed E-state index contributed by atoms with van der Waals surface area (Å²) in [7, 11) is 1.80. The van der Waals surface area contributed by atoms with E-state index in [1.165, 1.54) is 0 Å². The molecule has 2 aromatic heterocycles. The number of benzene rings is 2. The molecule has 4 aromatic rings. The van der Waals surface area contributed by atoms with Gasteiger partial charge in [-0.1, -0.05) is 43.6 Å². The summed E-state index contributed by atoms with van der Waals surface area (Å²) in [5, 5.41) is 12.6. The fourth-order valence-electron chi connectivity index (χ4n) is 3.92. The molecular formula is C25H26ClN3O3. The van der Waals surface area contributed by atoms with Gasteiger partial charge in [0.05, 0.1) is 11.6 Å². The van der Waals surface area contributed by atoms with E-state index in [1.54, 1.807) is 18.1 Å². The molecule has 7 heteroatoms. The monoisotopic (exact) mass is 451 g/mol. The van der Waals surface area contributed by atoms with Crippen molar-refractivity contribution in [2.24, 2.45) is 5.92 Å². The molecule has 6 nitrogen and oxygen atoms in total. The maximum atomic E-state index is 10.9. The Balaban J connectivity index is 1.56. The van der Waals surface area contributed by atoms with Crippen LogP contribution in [0.2, 0.25) is 5.02 Å². The quantitative estimate of drug-likeness (QED) is 0.361. The number of hydrogen-bond donors (Lipinski definition) is 2. The Morgan fingerprint density at radius 1 is 1.19 bits per heavy atom. The third-order valence-corrected chi connectivity index (χ3v) is 5.75. The number of H-pyrrole nitrogens is 1. The van der Waals surface area contributed by atoms with Gasteiger partial charge < -0.3 is 14.8 Å². The van der Waals surface area contributed by atoms with Crippen LogP contribution in [0.25, 0.3) is 21.8 Å². The van der Waals surface area contributed by atoms with Crippen molar-refractivity contribution in [1.82, 2.24) is 14.9 Å². The smallest absolute Gasteiger partial charge is 0.317 e. The van der Waals surface area contributed by atoms with Crippen molar-refractivity contribution in [3.8, 4) is 5.75 Å². The number of fused-ring (bicyclic) bond motifs is 2. The standard InChI is InChI=1S/C25H26ClN3O3/c1-15(2)24(19-10-21-22(26)12-28-25(21)27-11-19)32-20-7-6-17-8-16(4-5-18(17)9-20)13-29(3)14-23(30)31/h4-12,15,24H,13-14H2,1-3H3,(H,27,28)(H,30,31). The SMILES string of the molecule is CC(C)C(Oc1ccc2cc(CN(C)CC(=O)O)ccc2c1)c1cnc2[nH]cc(Cl)c2c1. The molecule has 0 fully saturated rings. The van der Waals surface area contributed by atoms with Crippen molar-refractivity contribution in [3.63, 3.8) is 0 Å². The zero-order chi connectivity index (χ0) is 22.8.